The second-order valence-electron chi connectivity index (χ2n) is 4.43. The minimum atomic E-state index is -3.89. The number of ether oxygens (including phenoxy) is 1. The van der Waals surface area contributed by atoms with Crippen molar-refractivity contribution in [2.75, 3.05) is 7.11 Å². The number of unbranched alkanes of at least 4 members (excludes halogenated alkanes) is 4. The average molecular weight is 280 g/mol. The van der Waals surface area contributed by atoms with Crippen molar-refractivity contribution in [2.24, 2.45) is 0 Å². The van der Waals surface area contributed by atoms with Gasteiger partial charge in [0.1, 0.15) is 0 Å². The molecule has 0 radical (unpaired) electrons. The van der Waals surface area contributed by atoms with E-state index < -0.39 is 15.4 Å². The van der Waals surface area contributed by atoms with Crippen LogP contribution >= 0.6 is 0 Å². The first-order valence-corrected chi connectivity index (χ1v) is 7.95. The summed E-state index contributed by atoms with van der Waals surface area (Å²) in [5.74, 6) is -0.188. The van der Waals surface area contributed by atoms with Gasteiger partial charge in [-0.25, -0.2) is 0 Å². The zero-order valence-electron chi connectivity index (χ0n) is 11.2. The van der Waals surface area contributed by atoms with E-state index in [1.807, 2.05) is 0 Å². The molecule has 1 atom stereocenters. The molecule has 1 N–H and O–H groups in total. The maximum Gasteiger partial charge on any atom is 0.305 e. The Labute approximate surface area is 110 Å². The Hall–Kier alpha value is -0.620. The topological polar surface area (TPSA) is 80.7 Å². The van der Waals surface area contributed by atoms with E-state index in [0.29, 0.717) is 19.3 Å². The predicted octanol–water partition coefficient (Wildman–Crippen LogP) is 2.56. The van der Waals surface area contributed by atoms with Gasteiger partial charge in [-0.15, -0.1) is 0 Å². The molecule has 0 amide bonds. The Balaban J connectivity index is 3.53. The van der Waals surface area contributed by atoms with E-state index in [4.69, 9.17) is 4.55 Å². The Morgan fingerprint density at radius 1 is 1.17 bits per heavy atom. The van der Waals surface area contributed by atoms with Crippen molar-refractivity contribution in [1.29, 1.82) is 0 Å². The molecule has 0 spiro atoms. The molecule has 0 aliphatic heterocycles. The second-order valence-corrected chi connectivity index (χ2v) is 6.12. The van der Waals surface area contributed by atoms with Crippen molar-refractivity contribution in [3.05, 3.63) is 0 Å². The fourth-order valence-electron chi connectivity index (χ4n) is 1.84. The molecular weight excluding hydrogens is 256 g/mol. The third-order valence-corrected chi connectivity index (χ3v) is 4.42. The number of carbonyl (C=O) groups is 1. The smallest absolute Gasteiger partial charge is 0.305 e. The van der Waals surface area contributed by atoms with Gasteiger partial charge in [0, 0.05) is 6.42 Å². The monoisotopic (exact) mass is 280 g/mol. The van der Waals surface area contributed by atoms with Crippen molar-refractivity contribution in [3.8, 4) is 0 Å². The first-order chi connectivity index (χ1) is 8.41. The molecule has 6 heteroatoms. The minimum Gasteiger partial charge on any atom is -0.469 e. The highest BCUT2D eigenvalue weighted by atomic mass is 32.2. The summed E-state index contributed by atoms with van der Waals surface area (Å²) in [6.07, 6.45) is 5.83. The average Bonchev–Trinajstić information content (AvgIpc) is 2.30. The summed E-state index contributed by atoms with van der Waals surface area (Å²) >= 11 is 0. The van der Waals surface area contributed by atoms with Crippen LogP contribution in [0.5, 0.6) is 0 Å². The van der Waals surface area contributed by atoms with Crippen LogP contribution in [0.1, 0.15) is 58.3 Å². The Morgan fingerprint density at radius 2 is 1.72 bits per heavy atom. The van der Waals surface area contributed by atoms with E-state index in [2.05, 4.69) is 4.74 Å². The highest BCUT2D eigenvalue weighted by molar-refractivity contribution is 7.86. The molecule has 108 valence electrons. The maximum atomic E-state index is 10.9. The number of hydrogen-bond acceptors (Lipinski definition) is 4. The van der Waals surface area contributed by atoms with Gasteiger partial charge in [0.15, 0.2) is 0 Å². The number of esters is 1. The van der Waals surface area contributed by atoms with Gasteiger partial charge in [-0.1, -0.05) is 32.6 Å². The highest BCUT2D eigenvalue weighted by Crippen LogP contribution is 2.15. The highest BCUT2D eigenvalue weighted by Gasteiger charge is 2.19. The molecule has 18 heavy (non-hydrogen) atoms. The SMILES string of the molecule is CCC(CCCCCCCC(=O)OC)S(=O)(=O)O. The van der Waals surface area contributed by atoms with Crippen molar-refractivity contribution >= 4 is 16.1 Å². The molecule has 0 aliphatic carbocycles. The van der Waals surface area contributed by atoms with E-state index in [1.54, 1.807) is 6.92 Å². The lowest BCUT2D eigenvalue weighted by atomic mass is 10.1. The lowest BCUT2D eigenvalue weighted by molar-refractivity contribution is -0.140. The van der Waals surface area contributed by atoms with Crippen LogP contribution in [-0.2, 0) is 19.6 Å². The number of hydrogen-bond donors (Lipinski definition) is 1. The summed E-state index contributed by atoms with van der Waals surface area (Å²) in [5.41, 5.74) is 0. The number of carbonyl (C=O) groups excluding carboxylic acids is 1. The van der Waals surface area contributed by atoms with E-state index in [-0.39, 0.29) is 5.97 Å². The molecule has 1 unspecified atom stereocenters. The number of methoxy groups -OCH3 is 1. The van der Waals surface area contributed by atoms with E-state index in [9.17, 15) is 13.2 Å². The standard InChI is InChI=1S/C12H24O5S/c1-3-11(18(14,15)16)9-7-5-4-6-8-10-12(13)17-2/h11H,3-10H2,1-2H3,(H,14,15,16). The molecule has 0 heterocycles. The van der Waals surface area contributed by atoms with Crippen LogP contribution in [0.25, 0.3) is 0 Å². The van der Waals surface area contributed by atoms with Crippen molar-refractivity contribution in [3.63, 3.8) is 0 Å². The Bertz CT molecular complexity index is 323. The molecular formula is C12H24O5S. The predicted molar refractivity (Wildman–Crippen MR) is 70.0 cm³/mol. The maximum absolute atomic E-state index is 10.9. The summed E-state index contributed by atoms with van der Waals surface area (Å²) in [7, 11) is -2.51. The van der Waals surface area contributed by atoms with E-state index in [0.717, 1.165) is 32.1 Å². The zero-order chi connectivity index (χ0) is 14.0. The quantitative estimate of drug-likeness (QED) is 0.378. The van der Waals surface area contributed by atoms with Crippen LogP contribution < -0.4 is 0 Å². The molecule has 0 saturated carbocycles. The number of rotatable bonds is 10. The van der Waals surface area contributed by atoms with E-state index >= 15 is 0 Å². The van der Waals surface area contributed by atoms with Gasteiger partial charge in [0.05, 0.1) is 12.4 Å². The molecule has 0 aromatic rings. The molecule has 0 aliphatic rings. The van der Waals surface area contributed by atoms with Crippen LogP contribution in [0.4, 0.5) is 0 Å². The largest absolute Gasteiger partial charge is 0.469 e. The summed E-state index contributed by atoms with van der Waals surface area (Å²) in [4.78, 5) is 10.8. The van der Waals surface area contributed by atoms with Gasteiger partial charge in [0.25, 0.3) is 10.1 Å². The fraction of sp³-hybridized carbons (Fsp3) is 0.917. The van der Waals surface area contributed by atoms with Gasteiger partial charge in [-0.3, -0.25) is 9.35 Å². The fourth-order valence-corrected chi connectivity index (χ4v) is 2.72. The third-order valence-electron chi connectivity index (χ3n) is 3.01. The molecule has 0 aromatic carbocycles. The summed E-state index contributed by atoms with van der Waals surface area (Å²) in [6.45, 7) is 1.76. The Morgan fingerprint density at radius 3 is 2.22 bits per heavy atom. The molecule has 5 nitrogen and oxygen atoms in total. The third kappa shape index (κ3) is 8.47. The first kappa shape index (κ1) is 17.4. The normalized spacial score (nSPS) is 13.3. The lowest BCUT2D eigenvalue weighted by Gasteiger charge is -2.10. The van der Waals surface area contributed by atoms with Crippen molar-refractivity contribution in [1.82, 2.24) is 0 Å². The molecule has 0 fully saturated rings. The van der Waals surface area contributed by atoms with Crippen LogP contribution in [0.2, 0.25) is 0 Å². The van der Waals surface area contributed by atoms with Crippen LogP contribution in [0, 0.1) is 0 Å². The van der Waals surface area contributed by atoms with Crippen LogP contribution in [0.15, 0.2) is 0 Å². The zero-order valence-corrected chi connectivity index (χ0v) is 12.0. The molecule has 0 bridgehead atoms. The minimum absolute atomic E-state index is 0.188. The van der Waals surface area contributed by atoms with Gasteiger partial charge in [0.2, 0.25) is 0 Å². The summed E-state index contributed by atoms with van der Waals surface area (Å²) in [5, 5.41) is -0.632. The first-order valence-electron chi connectivity index (χ1n) is 6.45. The summed E-state index contributed by atoms with van der Waals surface area (Å²) < 4.78 is 35.3. The van der Waals surface area contributed by atoms with Crippen molar-refractivity contribution < 1.29 is 22.5 Å². The van der Waals surface area contributed by atoms with Crippen LogP contribution in [-0.4, -0.2) is 31.3 Å². The lowest BCUT2D eigenvalue weighted by Crippen LogP contribution is -2.19. The van der Waals surface area contributed by atoms with Gasteiger partial charge < -0.3 is 4.74 Å². The van der Waals surface area contributed by atoms with Crippen LogP contribution in [0.3, 0.4) is 0 Å². The Kier molecular flexibility index (Phi) is 9.01. The van der Waals surface area contributed by atoms with Gasteiger partial charge >= 0.3 is 5.97 Å². The van der Waals surface area contributed by atoms with E-state index in [1.165, 1.54) is 7.11 Å². The molecule has 0 saturated heterocycles. The second kappa shape index (κ2) is 9.33. The molecule has 0 rings (SSSR count). The molecule has 0 aromatic heterocycles. The van der Waals surface area contributed by atoms with Crippen molar-refractivity contribution in [2.45, 2.75) is 63.5 Å². The van der Waals surface area contributed by atoms with Gasteiger partial charge in [-0.2, -0.15) is 8.42 Å². The van der Waals surface area contributed by atoms with Gasteiger partial charge in [-0.05, 0) is 19.3 Å². The summed E-state index contributed by atoms with van der Waals surface area (Å²) in [6, 6.07) is 0.